The molecule has 4 nitrogen and oxygen atoms in total. The Morgan fingerprint density at radius 2 is 2.08 bits per heavy atom. The lowest BCUT2D eigenvalue weighted by atomic mass is 10.1. The van der Waals surface area contributed by atoms with E-state index in [1.165, 1.54) is 7.11 Å². The van der Waals surface area contributed by atoms with Gasteiger partial charge in [0, 0.05) is 6.61 Å². The minimum Gasteiger partial charge on any atom is -0.468 e. The van der Waals surface area contributed by atoms with Gasteiger partial charge in [0.25, 0.3) is 0 Å². The van der Waals surface area contributed by atoms with Crippen molar-refractivity contribution in [2.24, 2.45) is 11.7 Å². The largest absolute Gasteiger partial charge is 0.468 e. The molecule has 0 aromatic heterocycles. The van der Waals surface area contributed by atoms with E-state index < -0.39 is 12.0 Å². The van der Waals surface area contributed by atoms with E-state index in [1.807, 2.05) is 0 Å². The highest BCUT2D eigenvalue weighted by Crippen LogP contribution is 1.99. The average Bonchev–Trinajstić information content (AvgIpc) is 2.10. The van der Waals surface area contributed by atoms with Crippen LogP contribution >= 0.6 is 0 Å². The van der Waals surface area contributed by atoms with Gasteiger partial charge >= 0.3 is 5.97 Å². The molecule has 0 aromatic rings. The standard InChI is InChI=1S/C9H19NO3/c1-7(2)4-5-13-6-8(10)9(11)12-3/h7-8H,4-6,10H2,1-3H3. The number of hydrogen-bond donors (Lipinski definition) is 1. The molecule has 0 spiro atoms. The number of nitrogens with two attached hydrogens (primary N) is 1. The van der Waals surface area contributed by atoms with Gasteiger partial charge < -0.3 is 15.2 Å². The zero-order chi connectivity index (χ0) is 10.3. The Balaban J connectivity index is 3.37. The summed E-state index contributed by atoms with van der Waals surface area (Å²) in [5.74, 6) is 0.180. The van der Waals surface area contributed by atoms with Crippen LogP contribution in [0.4, 0.5) is 0 Å². The maximum atomic E-state index is 10.8. The number of carbonyl (C=O) groups excluding carboxylic acids is 1. The molecular formula is C9H19NO3. The Kier molecular flexibility index (Phi) is 6.54. The molecule has 78 valence electrons. The fraction of sp³-hybridized carbons (Fsp3) is 0.889. The molecule has 0 aliphatic carbocycles. The van der Waals surface area contributed by atoms with E-state index in [2.05, 4.69) is 18.6 Å². The fourth-order valence-corrected chi connectivity index (χ4v) is 0.749. The number of hydrogen-bond acceptors (Lipinski definition) is 4. The first-order valence-corrected chi connectivity index (χ1v) is 4.49. The van der Waals surface area contributed by atoms with E-state index in [-0.39, 0.29) is 6.61 Å². The van der Waals surface area contributed by atoms with Crippen molar-refractivity contribution < 1.29 is 14.3 Å². The van der Waals surface area contributed by atoms with Crippen molar-refractivity contribution in [3.05, 3.63) is 0 Å². The van der Waals surface area contributed by atoms with Crippen LogP contribution in [0, 0.1) is 5.92 Å². The summed E-state index contributed by atoms with van der Waals surface area (Å²) < 4.78 is 9.65. The Morgan fingerprint density at radius 3 is 2.54 bits per heavy atom. The molecule has 1 atom stereocenters. The van der Waals surface area contributed by atoms with Crippen molar-refractivity contribution in [3.8, 4) is 0 Å². The maximum absolute atomic E-state index is 10.8. The second kappa shape index (κ2) is 6.86. The quantitative estimate of drug-likeness (QED) is 0.489. The van der Waals surface area contributed by atoms with Gasteiger partial charge in [-0.25, -0.2) is 0 Å². The summed E-state index contributed by atoms with van der Waals surface area (Å²) >= 11 is 0. The molecule has 0 aliphatic rings. The van der Waals surface area contributed by atoms with Crippen molar-refractivity contribution in [1.82, 2.24) is 0 Å². The second-order valence-corrected chi connectivity index (χ2v) is 3.39. The van der Waals surface area contributed by atoms with Crippen molar-refractivity contribution >= 4 is 5.97 Å². The molecule has 0 saturated carbocycles. The van der Waals surface area contributed by atoms with E-state index in [0.717, 1.165) is 6.42 Å². The minimum atomic E-state index is -0.655. The highest BCUT2D eigenvalue weighted by atomic mass is 16.5. The van der Waals surface area contributed by atoms with Gasteiger partial charge in [-0.3, -0.25) is 4.79 Å². The Labute approximate surface area is 79.4 Å². The highest BCUT2D eigenvalue weighted by molar-refractivity contribution is 5.75. The molecule has 0 aliphatic heterocycles. The van der Waals surface area contributed by atoms with E-state index in [0.29, 0.717) is 12.5 Å². The van der Waals surface area contributed by atoms with E-state index in [9.17, 15) is 4.79 Å². The molecule has 4 heteroatoms. The van der Waals surface area contributed by atoms with Crippen molar-refractivity contribution in [3.63, 3.8) is 0 Å². The summed E-state index contributed by atoms with van der Waals surface area (Å²) in [6.45, 7) is 5.11. The molecule has 0 aromatic carbocycles. The molecule has 13 heavy (non-hydrogen) atoms. The van der Waals surface area contributed by atoms with Crippen LogP contribution in [0.15, 0.2) is 0 Å². The van der Waals surface area contributed by atoms with Crippen molar-refractivity contribution in [2.75, 3.05) is 20.3 Å². The van der Waals surface area contributed by atoms with Crippen LogP contribution in [0.3, 0.4) is 0 Å². The number of methoxy groups -OCH3 is 1. The zero-order valence-electron chi connectivity index (χ0n) is 8.58. The summed E-state index contributed by atoms with van der Waals surface area (Å²) in [4.78, 5) is 10.8. The van der Waals surface area contributed by atoms with Crippen molar-refractivity contribution in [1.29, 1.82) is 0 Å². The van der Waals surface area contributed by atoms with Crippen LogP contribution in [0.1, 0.15) is 20.3 Å². The van der Waals surface area contributed by atoms with E-state index in [4.69, 9.17) is 10.5 Å². The predicted octanol–water partition coefficient (Wildman–Crippen LogP) is 0.549. The molecule has 0 rings (SSSR count). The third-order valence-electron chi connectivity index (χ3n) is 1.64. The van der Waals surface area contributed by atoms with Crippen LogP contribution in [0.2, 0.25) is 0 Å². The van der Waals surface area contributed by atoms with Crippen LogP contribution in [0.5, 0.6) is 0 Å². The van der Waals surface area contributed by atoms with Gasteiger partial charge in [-0.1, -0.05) is 13.8 Å². The van der Waals surface area contributed by atoms with E-state index >= 15 is 0 Å². The predicted molar refractivity (Wildman–Crippen MR) is 50.3 cm³/mol. The summed E-state index contributed by atoms with van der Waals surface area (Å²) in [5, 5.41) is 0. The third-order valence-corrected chi connectivity index (χ3v) is 1.64. The molecule has 0 radical (unpaired) electrons. The van der Waals surface area contributed by atoms with Gasteiger partial charge in [-0.05, 0) is 12.3 Å². The highest BCUT2D eigenvalue weighted by Gasteiger charge is 2.12. The van der Waals surface area contributed by atoms with E-state index in [1.54, 1.807) is 0 Å². The van der Waals surface area contributed by atoms with Gasteiger partial charge in [-0.2, -0.15) is 0 Å². The van der Waals surface area contributed by atoms with Gasteiger partial charge in [0.05, 0.1) is 13.7 Å². The lowest BCUT2D eigenvalue weighted by Crippen LogP contribution is -2.36. The second-order valence-electron chi connectivity index (χ2n) is 3.39. The molecular weight excluding hydrogens is 170 g/mol. The third kappa shape index (κ3) is 6.54. The number of ether oxygens (including phenoxy) is 2. The van der Waals surface area contributed by atoms with Crippen LogP contribution < -0.4 is 5.73 Å². The molecule has 0 saturated heterocycles. The van der Waals surface area contributed by atoms with Gasteiger partial charge in [0.2, 0.25) is 0 Å². The molecule has 0 fully saturated rings. The first kappa shape index (κ1) is 12.4. The number of esters is 1. The maximum Gasteiger partial charge on any atom is 0.325 e. The first-order chi connectivity index (χ1) is 6.07. The summed E-state index contributed by atoms with van der Waals surface area (Å²) in [6, 6.07) is -0.655. The summed E-state index contributed by atoms with van der Waals surface area (Å²) in [7, 11) is 1.32. The lowest BCUT2D eigenvalue weighted by Gasteiger charge is -2.10. The molecule has 0 heterocycles. The van der Waals surface area contributed by atoms with Crippen molar-refractivity contribution in [2.45, 2.75) is 26.3 Å². The molecule has 0 bridgehead atoms. The lowest BCUT2D eigenvalue weighted by molar-refractivity contribution is -0.143. The average molecular weight is 189 g/mol. The van der Waals surface area contributed by atoms with Crippen LogP contribution in [0.25, 0.3) is 0 Å². The fourth-order valence-electron chi connectivity index (χ4n) is 0.749. The smallest absolute Gasteiger partial charge is 0.325 e. The van der Waals surface area contributed by atoms with Crippen LogP contribution in [-0.4, -0.2) is 32.3 Å². The van der Waals surface area contributed by atoms with Gasteiger partial charge in [-0.15, -0.1) is 0 Å². The summed E-state index contributed by atoms with van der Waals surface area (Å²) in [6.07, 6.45) is 0.980. The molecule has 2 N–H and O–H groups in total. The Morgan fingerprint density at radius 1 is 1.46 bits per heavy atom. The normalized spacial score (nSPS) is 13.0. The van der Waals surface area contributed by atoms with Gasteiger partial charge in [0.15, 0.2) is 0 Å². The SMILES string of the molecule is COC(=O)C(N)COCCC(C)C. The topological polar surface area (TPSA) is 61.5 Å². The Hall–Kier alpha value is -0.610. The first-order valence-electron chi connectivity index (χ1n) is 4.49. The Bertz CT molecular complexity index is 148. The van der Waals surface area contributed by atoms with Crippen LogP contribution in [-0.2, 0) is 14.3 Å². The number of rotatable bonds is 6. The molecule has 0 amide bonds. The number of carbonyl (C=O) groups is 1. The summed E-state index contributed by atoms with van der Waals surface area (Å²) in [5.41, 5.74) is 5.45. The zero-order valence-corrected chi connectivity index (χ0v) is 8.58. The van der Waals surface area contributed by atoms with Gasteiger partial charge in [0.1, 0.15) is 6.04 Å². The molecule has 1 unspecified atom stereocenters. The monoisotopic (exact) mass is 189 g/mol. The minimum absolute atomic E-state index is 0.236.